The van der Waals surface area contributed by atoms with E-state index in [1.165, 1.54) is 18.9 Å². The molecule has 1 aromatic heterocycles. The molecule has 156 valence electrons. The van der Waals surface area contributed by atoms with E-state index in [0.717, 1.165) is 11.9 Å². The zero-order valence-corrected chi connectivity index (χ0v) is 17.6. The first-order valence-electron chi connectivity index (χ1n) is 8.90. The number of hydrogen-bond acceptors (Lipinski definition) is 7. The lowest BCUT2D eigenvalue weighted by Crippen LogP contribution is -2.19. The second kappa shape index (κ2) is 9.15. The zero-order chi connectivity index (χ0) is 21.8. The number of aromatic nitrogens is 2. The summed E-state index contributed by atoms with van der Waals surface area (Å²) in [4.78, 5) is 24.5. The number of methoxy groups -OCH3 is 1. The summed E-state index contributed by atoms with van der Waals surface area (Å²) in [7, 11) is 1.45. The second-order valence-corrected chi connectivity index (χ2v) is 7.49. The molecule has 0 saturated carbocycles. The number of amidine groups is 1. The van der Waals surface area contributed by atoms with Crippen molar-refractivity contribution in [3.05, 3.63) is 76.3 Å². The Labute approximate surface area is 186 Å². The van der Waals surface area contributed by atoms with Crippen LogP contribution in [0.2, 0.25) is 5.28 Å². The minimum absolute atomic E-state index is 0.155. The van der Waals surface area contributed by atoms with Gasteiger partial charge >= 0.3 is 0 Å². The van der Waals surface area contributed by atoms with E-state index in [-0.39, 0.29) is 22.8 Å². The van der Waals surface area contributed by atoms with E-state index in [4.69, 9.17) is 21.1 Å². The molecule has 0 aliphatic carbocycles. The number of rotatable bonds is 5. The van der Waals surface area contributed by atoms with Crippen LogP contribution in [0.3, 0.4) is 0 Å². The standard InChI is InChI=1S/C21H14ClFN4O3S/c1-29-15-8-7-12(9-16(15)30-19-14(23)11-24-20(22)27-19)10-17-18(28)26-21(31-17)25-13-5-3-2-4-6-13/h2-11H,1H3,(H,25,26,28)/b17-10-. The number of nitrogens with zero attached hydrogens (tertiary/aromatic N) is 3. The summed E-state index contributed by atoms with van der Waals surface area (Å²) in [6.45, 7) is 0. The molecule has 0 atom stereocenters. The van der Waals surface area contributed by atoms with Crippen molar-refractivity contribution in [1.29, 1.82) is 0 Å². The molecular weight excluding hydrogens is 443 g/mol. The molecule has 1 amide bonds. The first-order valence-corrected chi connectivity index (χ1v) is 10.1. The molecule has 1 fully saturated rings. The van der Waals surface area contributed by atoms with Crippen LogP contribution in [0.25, 0.3) is 6.08 Å². The number of ether oxygens (including phenoxy) is 2. The van der Waals surface area contributed by atoms with E-state index in [1.807, 2.05) is 30.3 Å². The fourth-order valence-electron chi connectivity index (χ4n) is 2.62. The van der Waals surface area contributed by atoms with Crippen molar-refractivity contribution in [2.75, 3.05) is 7.11 Å². The summed E-state index contributed by atoms with van der Waals surface area (Å²) >= 11 is 6.93. The maximum absolute atomic E-state index is 14.0. The van der Waals surface area contributed by atoms with Gasteiger partial charge < -0.3 is 14.8 Å². The third kappa shape index (κ3) is 5.01. The second-order valence-electron chi connectivity index (χ2n) is 6.12. The quantitative estimate of drug-likeness (QED) is 0.431. The SMILES string of the molecule is COc1ccc(/C=C2\SC(=Nc3ccccc3)NC2=O)cc1Oc1nc(Cl)ncc1F. The molecule has 31 heavy (non-hydrogen) atoms. The van der Waals surface area contributed by atoms with Crippen molar-refractivity contribution in [3.8, 4) is 17.4 Å². The van der Waals surface area contributed by atoms with Crippen LogP contribution in [0.15, 0.2) is 64.6 Å². The smallest absolute Gasteiger partial charge is 0.264 e. The topological polar surface area (TPSA) is 85.7 Å². The van der Waals surface area contributed by atoms with E-state index in [2.05, 4.69) is 20.3 Å². The van der Waals surface area contributed by atoms with Crippen LogP contribution in [0.4, 0.5) is 10.1 Å². The van der Waals surface area contributed by atoms with Crippen LogP contribution >= 0.6 is 23.4 Å². The molecule has 1 saturated heterocycles. The average Bonchev–Trinajstić information content (AvgIpc) is 3.10. The number of benzene rings is 2. The van der Waals surface area contributed by atoms with E-state index in [0.29, 0.717) is 21.4 Å². The third-order valence-corrected chi connectivity index (χ3v) is 5.10. The molecule has 0 unspecified atom stereocenters. The number of carbonyl (C=O) groups excluding carboxylic acids is 1. The lowest BCUT2D eigenvalue weighted by Gasteiger charge is -2.11. The summed E-state index contributed by atoms with van der Waals surface area (Å²) in [6, 6.07) is 14.3. The van der Waals surface area contributed by atoms with Gasteiger partial charge in [0.25, 0.3) is 11.8 Å². The summed E-state index contributed by atoms with van der Waals surface area (Å²) < 4.78 is 24.8. The van der Waals surface area contributed by atoms with Gasteiger partial charge in [-0.2, -0.15) is 9.37 Å². The zero-order valence-electron chi connectivity index (χ0n) is 16.0. The first kappa shape index (κ1) is 20.8. The molecule has 10 heteroatoms. The van der Waals surface area contributed by atoms with Crippen molar-refractivity contribution in [3.63, 3.8) is 0 Å². The Hall–Kier alpha value is -3.43. The summed E-state index contributed by atoms with van der Waals surface area (Å²) in [6.07, 6.45) is 2.58. The highest BCUT2D eigenvalue weighted by Crippen LogP contribution is 2.35. The Kier molecular flexibility index (Phi) is 6.15. The number of thioether (sulfide) groups is 1. The minimum Gasteiger partial charge on any atom is -0.493 e. The maximum Gasteiger partial charge on any atom is 0.264 e. The van der Waals surface area contributed by atoms with Crippen molar-refractivity contribution in [2.24, 2.45) is 4.99 Å². The van der Waals surface area contributed by atoms with Gasteiger partial charge in [-0.05, 0) is 59.3 Å². The van der Waals surface area contributed by atoms with E-state index < -0.39 is 5.82 Å². The van der Waals surface area contributed by atoms with Crippen LogP contribution in [-0.4, -0.2) is 28.2 Å². The van der Waals surface area contributed by atoms with Gasteiger partial charge in [-0.3, -0.25) is 4.79 Å². The average molecular weight is 457 g/mol. The predicted molar refractivity (Wildman–Crippen MR) is 117 cm³/mol. The number of para-hydroxylation sites is 1. The highest BCUT2D eigenvalue weighted by molar-refractivity contribution is 8.18. The molecule has 1 N–H and O–H groups in total. The number of amides is 1. The number of halogens is 2. The Morgan fingerprint density at radius 1 is 1.19 bits per heavy atom. The first-order chi connectivity index (χ1) is 15.0. The van der Waals surface area contributed by atoms with Crippen molar-refractivity contribution in [2.45, 2.75) is 0 Å². The normalized spacial score (nSPS) is 15.9. The number of nitrogens with one attached hydrogen (secondary N) is 1. The van der Waals surface area contributed by atoms with Gasteiger partial charge in [0.15, 0.2) is 16.7 Å². The molecule has 0 bridgehead atoms. The van der Waals surface area contributed by atoms with Crippen LogP contribution in [-0.2, 0) is 4.79 Å². The van der Waals surface area contributed by atoms with Gasteiger partial charge in [0, 0.05) is 0 Å². The lowest BCUT2D eigenvalue weighted by molar-refractivity contribution is -0.115. The summed E-state index contributed by atoms with van der Waals surface area (Å²) in [5.41, 5.74) is 1.37. The number of hydrogen-bond donors (Lipinski definition) is 1. The van der Waals surface area contributed by atoms with Crippen LogP contribution in [0.5, 0.6) is 17.4 Å². The number of aliphatic imine (C=N–C) groups is 1. The van der Waals surface area contributed by atoms with Crippen molar-refractivity contribution < 1.29 is 18.7 Å². The van der Waals surface area contributed by atoms with Gasteiger partial charge in [0.1, 0.15) is 0 Å². The largest absolute Gasteiger partial charge is 0.493 e. The van der Waals surface area contributed by atoms with Gasteiger partial charge in [-0.15, -0.1) is 0 Å². The van der Waals surface area contributed by atoms with E-state index >= 15 is 0 Å². The fraction of sp³-hybridized carbons (Fsp3) is 0.0476. The molecule has 0 spiro atoms. The van der Waals surface area contributed by atoms with Gasteiger partial charge in [0.2, 0.25) is 11.1 Å². The maximum atomic E-state index is 14.0. The number of carbonyl (C=O) groups is 1. The summed E-state index contributed by atoms with van der Waals surface area (Å²) in [5.74, 6) is -0.832. The molecule has 1 aliphatic heterocycles. The summed E-state index contributed by atoms with van der Waals surface area (Å²) in [5, 5.41) is 3.05. The molecule has 2 aromatic carbocycles. The molecule has 7 nitrogen and oxygen atoms in total. The monoisotopic (exact) mass is 456 g/mol. The highest BCUT2D eigenvalue weighted by atomic mass is 35.5. The van der Waals surface area contributed by atoms with Crippen LogP contribution < -0.4 is 14.8 Å². The predicted octanol–water partition coefficient (Wildman–Crippen LogP) is 4.96. The Morgan fingerprint density at radius 2 is 2.00 bits per heavy atom. The lowest BCUT2D eigenvalue weighted by atomic mass is 10.2. The minimum atomic E-state index is -0.775. The third-order valence-electron chi connectivity index (χ3n) is 4.01. The van der Waals surface area contributed by atoms with E-state index in [9.17, 15) is 9.18 Å². The highest BCUT2D eigenvalue weighted by Gasteiger charge is 2.24. The van der Waals surface area contributed by atoms with E-state index in [1.54, 1.807) is 24.3 Å². The molecule has 2 heterocycles. The fourth-order valence-corrected chi connectivity index (χ4v) is 3.59. The Balaban J connectivity index is 1.61. The molecular formula is C21H14ClFN4O3S. The molecule has 3 aromatic rings. The van der Waals surface area contributed by atoms with Crippen molar-refractivity contribution in [1.82, 2.24) is 15.3 Å². The van der Waals surface area contributed by atoms with Crippen LogP contribution in [0.1, 0.15) is 5.56 Å². The van der Waals surface area contributed by atoms with Gasteiger partial charge in [0.05, 0.1) is 23.9 Å². The molecule has 1 aliphatic rings. The van der Waals surface area contributed by atoms with Crippen molar-refractivity contribution >= 4 is 46.2 Å². The Bertz CT molecular complexity index is 1200. The van der Waals surface area contributed by atoms with Gasteiger partial charge in [-0.1, -0.05) is 24.3 Å². The van der Waals surface area contributed by atoms with Gasteiger partial charge in [-0.25, -0.2) is 9.98 Å². The Morgan fingerprint density at radius 3 is 2.77 bits per heavy atom. The molecule has 0 radical (unpaired) electrons. The molecule has 4 rings (SSSR count). The van der Waals surface area contributed by atoms with Crippen LogP contribution in [0, 0.1) is 5.82 Å².